The minimum Gasteiger partial charge on any atom is -0.391 e. The van der Waals surface area contributed by atoms with E-state index < -0.39 is 0 Å². The molecule has 2 aromatic rings. The third-order valence-electron chi connectivity index (χ3n) is 7.11. The highest BCUT2D eigenvalue weighted by Gasteiger charge is 2.31. The first-order valence-electron chi connectivity index (χ1n) is 12.1. The highest BCUT2D eigenvalue weighted by atomic mass is 16.3. The van der Waals surface area contributed by atoms with Crippen molar-refractivity contribution in [1.82, 2.24) is 10.2 Å². The lowest BCUT2D eigenvalue weighted by atomic mass is 9.88. The maximum atomic E-state index is 13.2. The first-order chi connectivity index (χ1) is 15.6. The molecule has 0 bridgehead atoms. The number of anilines is 1. The maximum absolute atomic E-state index is 13.2. The van der Waals surface area contributed by atoms with Gasteiger partial charge in [0.05, 0.1) is 6.10 Å². The van der Waals surface area contributed by atoms with E-state index in [1.807, 2.05) is 30.1 Å². The van der Waals surface area contributed by atoms with Gasteiger partial charge < -0.3 is 20.2 Å². The molecule has 0 spiro atoms. The molecule has 1 amide bonds. The number of hydrogen-bond donors (Lipinski definition) is 2. The Morgan fingerprint density at radius 2 is 1.88 bits per heavy atom. The van der Waals surface area contributed by atoms with Crippen molar-refractivity contribution in [3.63, 3.8) is 0 Å². The van der Waals surface area contributed by atoms with Crippen LogP contribution in [0.4, 0.5) is 5.69 Å². The fraction of sp³-hybridized carbons (Fsp3) is 0.519. The first-order valence-corrected chi connectivity index (χ1v) is 12.1. The number of aliphatic hydroxyl groups excluding tert-OH is 1. The lowest BCUT2D eigenvalue weighted by molar-refractivity contribution is 0.0713. The molecule has 2 fully saturated rings. The van der Waals surface area contributed by atoms with Crippen LogP contribution in [0.3, 0.4) is 0 Å². The summed E-state index contributed by atoms with van der Waals surface area (Å²) in [5.41, 5.74) is 4.50. The number of nitrogens with zero attached hydrogens (tertiary/aromatic N) is 2. The number of aliphatic hydroxyl groups is 1. The number of piperidine rings is 1. The predicted octanol–water partition coefficient (Wildman–Crippen LogP) is 4.02. The molecule has 2 unspecified atom stereocenters. The molecule has 2 atom stereocenters. The summed E-state index contributed by atoms with van der Waals surface area (Å²) in [4.78, 5) is 17.5. The molecule has 0 aliphatic carbocycles. The van der Waals surface area contributed by atoms with Crippen molar-refractivity contribution in [1.29, 1.82) is 0 Å². The SMILES string of the molecule is CCCC1CN(c2cccc(C(=O)N3CCC(c4cccc(CNC)c4)CC3)c2)CC1O. The fourth-order valence-electron chi connectivity index (χ4n) is 5.31. The Morgan fingerprint density at radius 1 is 1.09 bits per heavy atom. The van der Waals surface area contributed by atoms with Gasteiger partial charge >= 0.3 is 0 Å². The second-order valence-electron chi connectivity index (χ2n) is 9.41. The van der Waals surface area contributed by atoms with Gasteiger partial charge in [0.1, 0.15) is 0 Å². The summed E-state index contributed by atoms with van der Waals surface area (Å²) in [5.74, 6) is 0.966. The topological polar surface area (TPSA) is 55.8 Å². The summed E-state index contributed by atoms with van der Waals surface area (Å²) in [5, 5.41) is 13.6. The molecule has 5 heteroatoms. The van der Waals surface area contributed by atoms with E-state index in [1.54, 1.807) is 0 Å². The number of rotatable bonds is 7. The van der Waals surface area contributed by atoms with Gasteiger partial charge in [-0.15, -0.1) is 0 Å². The van der Waals surface area contributed by atoms with E-state index >= 15 is 0 Å². The summed E-state index contributed by atoms with van der Waals surface area (Å²) < 4.78 is 0. The average molecular weight is 436 g/mol. The average Bonchev–Trinajstić information content (AvgIpc) is 3.20. The highest BCUT2D eigenvalue weighted by Crippen LogP contribution is 2.31. The Hall–Kier alpha value is -2.37. The van der Waals surface area contributed by atoms with Crippen molar-refractivity contribution in [2.75, 3.05) is 38.1 Å². The molecule has 0 radical (unpaired) electrons. The lowest BCUT2D eigenvalue weighted by Crippen LogP contribution is -2.38. The van der Waals surface area contributed by atoms with E-state index in [0.717, 1.165) is 63.1 Å². The van der Waals surface area contributed by atoms with E-state index in [9.17, 15) is 9.90 Å². The molecule has 32 heavy (non-hydrogen) atoms. The van der Waals surface area contributed by atoms with E-state index in [-0.39, 0.29) is 12.0 Å². The number of amides is 1. The molecule has 2 aliphatic rings. The van der Waals surface area contributed by atoms with Gasteiger partial charge in [0, 0.05) is 49.9 Å². The van der Waals surface area contributed by atoms with Crippen LogP contribution in [0.1, 0.15) is 60.0 Å². The van der Waals surface area contributed by atoms with Gasteiger partial charge in [0.25, 0.3) is 5.91 Å². The molecule has 2 saturated heterocycles. The fourth-order valence-corrected chi connectivity index (χ4v) is 5.31. The molecule has 5 nitrogen and oxygen atoms in total. The molecule has 0 saturated carbocycles. The Labute approximate surface area is 192 Å². The largest absolute Gasteiger partial charge is 0.391 e. The van der Waals surface area contributed by atoms with Gasteiger partial charge in [0.15, 0.2) is 0 Å². The summed E-state index contributed by atoms with van der Waals surface area (Å²) in [6.07, 6.45) is 3.86. The van der Waals surface area contributed by atoms with Crippen LogP contribution in [0, 0.1) is 5.92 Å². The third-order valence-corrected chi connectivity index (χ3v) is 7.11. The van der Waals surface area contributed by atoms with Crippen LogP contribution in [0.5, 0.6) is 0 Å². The zero-order chi connectivity index (χ0) is 22.5. The van der Waals surface area contributed by atoms with Crippen molar-refractivity contribution < 1.29 is 9.90 Å². The van der Waals surface area contributed by atoms with E-state index in [4.69, 9.17) is 0 Å². The summed E-state index contributed by atoms with van der Waals surface area (Å²) in [6.45, 7) is 6.16. The Balaban J connectivity index is 1.37. The van der Waals surface area contributed by atoms with Crippen molar-refractivity contribution in [2.24, 2.45) is 5.92 Å². The minimum atomic E-state index is -0.278. The molecule has 0 aromatic heterocycles. The van der Waals surface area contributed by atoms with Crippen LogP contribution in [-0.2, 0) is 6.54 Å². The number of carbonyl (C=O) groups excluding carboxylic acids is 1. The zero-order valence-electron chi connectivity index (χ0n) is 19.5. The highest BCUT2D eigenvalue weighted by molar-refractivity contribution is 5.95. The summed E-state index contributed by atoms with van der Waals surface area (Å²) in [7, 11) is 1.97. The molecule has 2 aliphatic heterocycles. The van der Waals surface area contributed by atoms with Crippen molar-refractivity contribution in [3.05, 3.63) is 65.2 Å². The van der Waals surface area contributed by atoms with Gasteiger partial charge in [-0.25, -0.2) is 0 Å². The minimum absolute atomic E-state index is 0.124. The quantitative estimate of drug-likeness (QED) is 0.690. The number of β-amino-alcohol motifs (C(OH)–C–C–N with tert-alkyl or cyclic N) is 1. The Morgan fingerprint density at radius 3 is 2.62 bits per heavy atom. The third kappa shape index (κ3) is 5.16. The molecular formula is C27H37N3O2. The van der Waals surface area contributed by atoms with Gasteiger partial charge in [0.2, 0.25) is 0 Å². The van der Waals surface area contributed by atoms with Crippen molar-refractivity contribution in [3.8, 4) is 0 Å². The molecular weight excluding hydrogens is 398 g/mol. The van der Waals surface area contributed by atoms with E-state index in [2.05, 4.69) is 47.5 Å². The summed E-state index contributed by atoms with van der Waals surface area (Å²) >= 11 is 0. The van der Waals surface area contributed by atoms with Crippen LogP contribution in [0.25, 0.3) is 0 Å². The van der Waals surface area contributed by atoms with Crippen LogP contribution >= 0.6 is 0 Å². The van der Waals surface area contributed by atoms with Crippen molar-refractivity contribution >= 4 is 11.6 Å². The van der Waals surface area contributed by atoms with Crippen LogP contribution in [-0.4, -0.2) is 55.2 Å². The van der Waals surface area contributed by atoms with E-state index in [0.29, 0.717) is 18.4 Å². The smallest absolute Gasteiger partial charge is 0.253 e. The van der Waals surface area contributed by atoms with Crippen LogP contribution in [0.2, 0.25) is 0 Å². The number of hydrogen-bond acceptors (Lipinski definition) is 4. The molecule has 4 rings (SSSR count). The molecule has 2 heterocycles. The number of likely N-dealkylation sites (tertiary alicyclic amines) is 1. The number of carbonyl (C=O) groups is 1. The maximum Gasteiger partial charge on any atom is 0.253 e. The molecule has 2 aromatic carbocycles. The van der Waals surface area contributed by atoms with Crippen LogP contribution < -0.4 is 10.2 Å². The Bertz CT molecular complexity index is 907. The first kappa shape index (κ1) is 22.8. The molecule has 172 valence electrons. The summed E-state index contributed by atoms with van der Waals surface area (Å²) in [6, 6.07) is 16.8. The van der Waals surface area contributed by atoms with Gasteiger partial charge in [-0.2, -0.15) is 0 Å². The lowest BCUT2D eigenvalue weighted by Gasteiger charge is -2.32. The molecule has 2 N–H and O–H groups in total. The van der Waals surface area contributed by atoms with Gasteiger partial charge in [-0.1, -0.05) is 43.7 Å². The van der Waals surface area contributed by atoms with Gasteiger partial charge in [-0.05, 0) is 61.6 Å². The number of nitrogens with one attached hydrogen (secondary N) is 1. The number of benzene rings is 2. The van der Waals surface area contributed by atoms with Crippen LogP contribution in [0.15, 0.2) is 48.5 Å². The standard InChI is InChI=1S/C27H37N3O2/c1-3-6-24-18-30(19-26(24)31)25-10-5-9-23(16-25)27(32)29-13-11-21(12-14-29)22-8-4-7-20(15-22)17-28-2/h4-5,7-10,15-16,21,24,26,28,31H,3,6,11-14,17-19H2,1-2H3. The zero-order valence-corrected chi connectivity index (χ0v) is 19.5. The normalized spacial score (nSPS) is 21.8. The van der Waals surface area contributed by atoms with E-state index in [1.165, 1.54) is 11.1 Å². The van der Waals surface area contributed by atoms with Gasteiger partial charge in [-0.3, -0.25) is 4.79 Å². The van der Waals surface area contributed by atoms with Crippen molar-refractivity contribution in [2.45, 2.75) is 51.2 Å². The monoisotopic (exact) mass is 435 g/mol. The Kier molecular flexibility index (Phi) is 7.48. The predicted molar refractivity (Wildman–Crippen MR) is 130 cm³/mol. The second kappa shape index (κ2) is 10.5. The second-order valence-corrected chi connectivity index (χ2v) is 9.41.